The van der Waals surface area contributed by atoms with Crippen molar-refractivity contribution in [1.29, 1.82) is 0 Å². The Hall–Kier alpha value is -0.910. The van der Waals surface area contributed by atoms with Crippen molar-refractivity contribution < 1.29 is 13.5 Å². The Labute approximate surface area is 102 Å². The van der Waals surface area contributed by atoms with Crippen molar-refractivity contribution in [3.05, 3.63) is 29.8 Å². The number of aliphatic hydroxyl groups is 1. The normalized spacial score (nSPS) is 13.9. The lowest BCUT2D eigenvalue weighted by atomic mass is 10.1. The van der Waals surface area contributed by atoms with Crippen LogP contribution >= 0.6 is 0 Å². The van der Waals surface area contributed by atoms with Gasteiger partial charge in [-0.05, 0) is 38.0 Å². The SMILES string of the molecule is CC(C)S(=O)(=O)c1ccc(CC(O)CN)cc1. The lowest BCUT2D eigenvalue weighted by molar-refractivity contribution is 0.183. The summed E-state index contributed by atoms with van der Waals surface area (Å²) in [6.45, 7) is 3.51. The smallest absolute Gasteiger partial charge is 0.180 e. The number of hydrogen-bond acceptors (Lipinski definition) is 4. The number of hydrogen-bond donors (Lipinski definition) is 2. The van der Waals surface area contributed by atoms with E-state index in [-0.39, 0.29) is 6.54 Å². The van der Waals surface area contributed by atoms with Crippen molar-refractivity contribution in [1.82, 2.24) is 0 Å². The maximum absolute atomic E-state index is 11.9. The van der Waals surface area contributed by atoms with Gasteiger partial charge in [-0.25, -0.2) is 8.42 Å². The largest absolute Gasteiger partial charge is 0.391 e. The number of sulfone groups is 1. The van der Waals surface area contributed by atoms with Crippen LogP contribution in [0, 0.1) is 0 Å². The molecule has 0 amide bonds. The molecule has 1 unspecified atom stereocenters. The number of nitrogens with two attached hydrogens (primary N) is 1. The van der Waals surface area contributed by atoms with Crippen LogP contribution < -0.4 is 5.73 Å². The van der Waals surface area contributed by atoms with E-state index in [1.807, 2.05) is 0 Å². The molecule has 17 heavy (non-hydrogen) atoms. The van der Waals surface area contributed by atoms with E-state index in [9.17, 15) is 13.5 Å². The van der Waals surface area contributed by atoms with E-state index >= 15 is 0 Å². The molecule has 4 nitrogen and oxygen atoms in total. The summed E-state index contributed by atoms with van der Waals surface area (Å²) in [4.78, 5) is 0.318. The van der Waals surface area contributed by atoms with Gasteiger partial charge in [0.05, 0.1) is 16.2 Å². The summed E-state index contributed by atoms with van der Waals surface area (Å²) in [6.07, 6.45) is -0.138. The van der Waals surface area contributed by atoms with Crippen molar-refractivity contribution in [2.45, 2.75) is 36.5 Å². The minimum atomic E-state index is -3.21. The van der Waals surface area contributed by atoms with Gasteiger partial charge in [-0.2, -0.15) is 0 Å². The van der Waals surface area contributed by atoms with Gasteiger partial charge in [0.15, 0.2) is 9.84 Å². The van der Waals surface area contributed by atoms with Crippen molar-refractivity contribution in [3.8, 4) is 0 Å². The third-order valence-corrected chi connectivity index (χ3v) is 4.79. The van der Waals surface area contributed by atoms with E-state index in [4.69, 9.17) is 5.73 Å². The minimum Gasteiger partial charge on any atom is -0.391 e. The van der Waals surface area contributed by atoms with Crippen LogP contribution in [-0.2, 0) is 16.3 Å². The molecule has 1 aromatic rings. The lowest BCUT2D eigenvalue weighted by Gasteiger charge is -2.10. The van der Waals surface area contributed by atoms with Crippen LogP contribution in [0.5, 0.6) is 0 Å². The van der Waals surface area contributed by atoms with Crippen molar-refractivity contribution in [3.63, 3.8) is 0 Å². The second kappa shape index (κ2) is 5.62. The first-order valence-corrected chi connectivity index (χ1v) is 7.13. The first-order chi connectivity index (χ1) is 7.87. The average molecular weight is 257 g/mol. The van der Waals surface area contributed by atoms with Gasteiger partial charge in [0.1, 0.15) is 0 Å². The average Bonchev–Trinajstić information content (AvgIpc) is 2.29. The van der Waals surface area contributed by atoms with Gasteiger partial charge in [0, 0.05) is 6.54 Å². The highest BCUT2D eigenvalue weighted by molar-refractivity contribution is 7.92. The lowest BCUT2D eigenvalue weighted by Crippen LogP contribution is -2.22. The molecular formula is C12H19NO3S. The summed E-state index contributed by atoms with van der Waals surface area (Å²) in [5.41, 5.74) is 6.19. The molecule has 0 bridgehead atoms. The second-order valence-corrected chi connectivity index (χ2v) is 6.84. The Balaban J connectivity index is 2.89. The van der Waals surface area contributed by atoms with Crippen molar-refractivity contribution in [2.75, 3.05) is 6.54 Å². The van der Waals surface area contributed by atoms with Crippen LogP contribution in [0.2, 0.25) is 0 Å². The monoisotopic (exact) mass is 257 g/mol. The Morgan fingerprint density at radius 2 is 1.76 bits per heavy atom. The van der Waals surface area contributed by atoms with Crippen LogP contribution in [0.1, 0.15) is 19.4 Å². The Morgan fingerprint density at radius 3 is 2.18 bits per heavy atom. The molecule has 0 aliphatic heterocycles. The van der Waals surface area contributed by atoms with E-state index in [1.165, 1.54) is 0 Å². The molecule has 0 aliphatic carbocycles. The molecule has 0 fully saturated rings. The van der Waals surface area contributed by atoms with E-state index in [1.54, 1.807) is 38.1 Å². The molecule has 0 aromatic heterocycles. The van der Waals surface area contributed by atoms with Gasteiger partial charge < -0.3 is 10.8 Å². The second-order valence-electron chi connectivity index (χ2n) is 4.33. The van der Waals surface area contributed by atoms with Gasteiger partial charge in [-0.15, -0.1) is 0 Å². The van der Waals surface area contributed by atoms with Crippen LogP contribution in [0.3, 0.4) is 0 Å². The van der Waals surface area contributed by atoms with Gasteiger partial charge in [0.25, 0.3) is 0 Å². The molecule has 1 aromatic carbocycles. The molecule has 5 heteroatoms. The van der Waals surface area contributed by atoms with Gasteiger partial charge in [-0.1, -0.05) is 12.1 Å². The molecule has 3 N–H and O–H groups in total. The molecule has 96 valence electrons. The highest BCUT2D eigenvalue weighted by Crippen LogP contribution is 2.17. The number of benzene rings is 1. The predicted octanol–water partition coefficient (Wildman–Crippen LogP) is 0.731. The quantitative estimate of drug-likeness (QED) is 0.815. The topological polar surface area (TPSA) is 80.4 Å². The zero-order valence-corrected chi connectivity index (χ0v) is 10.9. The fraction of sp³-hybridized carbons (Fsp3) is 0.500. The molecule has 0 saturated heterocycles. The Kier molecular flexibility index (Phi) is 4.68. The van der Waals surface area contributed by atoms with Gasteiger partial charge in [0.2, 0.25) is 0 Å². The van der Waals surface area contributed by atoms with E-state index in [2.05, 4.69) is 0 Å². The number of aliphatic hydroxyl groups excluding tert-OH is 1. The highest BCUT2D eigenvalue weighted by Gasteiger charge is 2.18. The molecule has 1 atom stereocenters. The Morgan fingerprint density at radius 1 is 1.24 bits per heavy atom. The molecule has 0 heterocycles. The molecular weight excluding hydrogens is 238 g/mol. The molecule has 0 spiro atoms. The van der Waals surface area contributed by atoms with Gasteiger partial charge >= 0.3 is 0 Å². The molecule has 0 saturated carbocycles. The minimum absolute atomic E-state index is 0.200. The van der Waals surface area contributed by atoms with Crippen LogP contribution in [0.4, 0.5) is 0 Å². The molecule has 1 rings (SSSR count). The standard InChI is InChI=1S/C12H19NO3S/c1-9(2)17(15,16)12-5-3-10(4-6-12)7-11(14)8-13/h3-6,9,11,14H,7-8,13H2,1-2H3. The summed E-state index contributed by atoms with van der Waals surface area (Å²) < 4.78 is 23.7. The van der Waals surface area contributed by atoms with E-state index in [0.29, 0.717) is 11.3 Å². The fourth-order valence-corrected chi connectivity index (χ4v) is 2.50. The van der Waals surface area contributed by atoms with Crippen molar-refractivity contribution >= 4 is 9.84 Å². The third kappa shape index (κ3) is 3.52. The molecule has 0 radical (unpaired) electrons. The van der Waals surface area contributed by atoms with E-state index < -0.39 is 21.2 Å². The van der Waals surface area contributed by atoms with Crippen molar-refractivity contribution in [2.24, 2.45) is 5.73 Å². The summed E-state index contributed by atoms with van der Waals surface area (Å²) in [5, 5.41) is 8.96. The molecule has 0 aliphatic rings. The predicted molar refractivity (Wildman–Crippen MR) is 67.5 cm³/mol. The van der Waals surface area contributed by atoms with Crippen LogP contribution in [0.25, 0.3) is 0 Å². The summed E-state index contributed by atoms with van der Waals surface area (Å²) in [7, 11) is -3.21. The Bertz CT molecular complexity index is 451. The summed E-state index contributed by atoms with van der Waals surface area (Å²) in [5.74, 6) is 0. The zero-order valence-electron chi connectivity index (χ0n) is 10.1. The highest BCUT2D eigenvalue weighted by atomic mass is 32.2. The van der Waals surface area contributed by atoms with Crippen LogP contribution in [0.15, 0.2) is 29.2 Å². The van der Waals surface area contributed by atoms with Crippen LogP contribution in [-0.4, -0.2) is 31.4 Å². The first kappa shape index (κ1) is 14.2. The first-order valence-electron chi connectivity index (χ1n) is 5.59. The van der Waals surface area contributed by atoms with Gasteiger partial charge in [-0.3, -0.25) is 0 Å². The third-order valence-electron chi connectivity index (χ3n) is 2.62. The maximum Gasteiger partial charge on any atom is 0.180 e. The maximum atomic E-state index is 11.9. The summed E-state index contributed by atoms with van der Waals surface area (Å²) >= 11 is 0. The van der Waals surface area contributed by atoms with E-state index in [0.717, 1.165) is 5.56 Å². The fourth-order valence-electron chi connectivity index (χ4n) is 1.44. The number of rotatable bonds is 5. The zero-order chi connectivity index (χ0) is 13.1. The summed E-state index contributed by atoms with van der Waals surface area (Å²) in [6, 6.07) is 6.59.